The second-order valence-corrected chi connectivity index (χ2v) is 6.08. The van der Waals surface area contributed by atoms with Gasteiger partial charge in [0.15, 0.2) is 10.9 Å². The van der Waals surface area contributed by atoms with Gasteiger partial charge in [-0.1, -0.05) is 0 Å². The summed E-state index contributed by atoms with van der Waals surface area (Å²) in [5.74, 6) is 1.12. The van der Waals surface area contributed by atoms with Crippen LogP contribution in [0.25, 0.3) is 21.9 Å². The summed E-state index contributed by atoms with van der Waals surface area (Å²) in [7, 11) is 3.06. The highest BCUT2D eigenvalue weighted by Gasteiger charge is 2.13. The van der Waals surface area contributed by atoms with Gasteiger partial charge in [0.05, 0.1) is 37.5 Å². The van der Waals surface area contributed by atoms with Crippen molar-refractivity contribution in [2.24, 2.45) is 0 Å². The SMILES string of the molecule is COc1ccc2occ(Cc3coc4ccc(OC)cc4c3=O)c(=O)c2c1. The molecule has 0 amide bonds. The van der Waals surface area contributed by atoms with Crippen molar-refractivity contribution in [3.05, 3.63) is 80.5 Å². The Hall–Kier alpha value is -3.54. The Morgan fingerprint density at radius 1 is 0.741 bits per heavy atom. The van der Waals surface area contributed by atoms with Crippen LogP contribution in [-0.4, -0.2) is 14.2 Å². The Bertz CT molecular complexity index is 1170. The lowest BCUT2D eigenvalue weighted by Gasteiger charge is -2.06. The Labute approximate surface area is 153 Å². The predicted octanol–water partition coefficient (Wildman–Crippen LogP) is 3.51. The van der Waals surface area contributed by atoms with Crippen LogP contribution in [0, 0.1) is 0 Å². The van der Waals surface area contributed by atoms with Crippen molar-refractivity contribution in [2.75, 3.05) is 14.2 Å². The number of hydrogen-bond acceptors (Lipinski definition) is 6. The second kappa shape index (κ2) is 6.64. The molecule has 0 atom stereocenters. The van der Waals surface area contributed by atoms with E-state index in [0.717, 1.165) is 0 Å². The lowest BCUT2D eigenvalue weighted by Crippen LogP contribution is -2.15. The van der Waals surface area contributed by atoms with Crippen molar-refractivity contribution in [3.63, 3.8) is 0 Å². The van der Waals surface area contributed by atoms with E-state index in [0.29, 0.717) is 44.6 Å². The number of fused-ring (bicyclic) bond motifs is 2. The van der Waals surface area contributed by atoms with Gasteiger partial charge in [0.25, 0.3) is 0 Å². The zero-order valence-electron chi connectivity index (χ0n) is 14.8. The molecule has 6 heteroatoms. The van der Waals surface area contributed by atoms with E-state index in [2.05, 4.69) is 0 Å². The van der Waals surface area contributed by atoms with Gasteiger partial charge in [-0.05, 0) is 36.4 Å². The summed E-state index contributed by atoms with van der Waals surface area (Å²) in [4.78, 5) is 25.6. The molecule has 0 fully saturated rings. The highest BCUT2D eigenvalue weighted by molar-refractivity contribution is 5.80. The third-order valence-corrected chi connectivity index (χ3v) is 4.48. The fourth-order valence-corrected chi connectivity index (χ4v) is 3.00. The number of rotatable bonds is 4. The molecule has 2 aromatic heterocycles. The predicted molar refractivity (Wildman–Crippen MR) is 101 cm³/mol. The molecule has 2 aromatic carbocycles. The summed E-state index contributed by atoms with van der Waals surface area (Å²) in [6, 6.07) is 10.0. The molecule has 4 rings (SSSR count). The molecule has 0 aliphatic rings. The molecule has 2 heterocycles. The summed E-state index contributed by atoms with van der Waals surface area (Å²) in [5, 5.41) is 0.803. The van der Waals surface area contributed by atoms with E-state index in [9.17, 15) is 9.59 Å². The number of hydrogen-bond donors (Lipinski definition) is 0. The minimum Gasteiger partial charge on any atom is -0.497 e. The lowest BCUT2D eigenvalue weighted by atomic mass is 10.0. The molecule has 0 radical (unpaired) electrons. The quantitative estimate of drug-likeness (QED) is 0.551. The number of ether oxygens (including phenoxy) is 2. The maximum Gasteiger partial charge on any atom is 0.196 e. The van der Waals surface area contributed by atoms with Crippen molar-refractivity contribution in [1.29, 1.82) is 0 Å². The van der Waals surface area contributed by atoms with Gasteiger partial charge < -0.3 is 18.3 Å². The first kappa shape index (κ1) is 16.9. The minimum atomic E-state index is -0.208. The van der Waals surface area contributed by atoms with E-state index < -0.39 is 0 Å². The van der Waals surface area contributed by atoms with Gasteiger partial charge in [-0.15, -0.1) is 0 Å². The average molecular weight is 364 g/mol. The summed E-state index contributed by atoms with van der Waals surface area (Å²) in [5.41, 5.74) is 1.23. The van der Waals surface area contributed by atoms with E-state index in [4.69, 9.17) is 18.3 Å². The highest BCUT2D eigenvalue weighted by atomic mass is 16.5. The Kier molecular flexibility index (Phi) is 4.16. The zero-order valence-corrected chi connectivity index (χ0v) is 14.8. The fourth-order valence-electron chi connectivity index (χ4n) is 3.00. The molecule has 6 nitrogen and oxygen atoms in total. The van der Waals surface area contributed by atoms with Crippen LogP contribution in [-0.2, 0) is 6.42 Å². The van der Waals surface area contributed by atoms with Gasteiger partial charge in [0.1, 0.15) is 22.7 Å². The molecule has 27 heavy (non-hydrogen) atoms. The number of methoxy groups -OCH3 is 2. The molecule has 0 saturated carbocycles. The van der Waals surface area contributed by atoms with Crippen molar-refractivity contribution in [2.45, 2.75) is 6.42 Å². The summed E-state index contributed by atoms with van der Waals surface area (Å²) in [6.45, 7) is 0. The van der Waals surface area contributed by atoms with Crippen LogP contribution in [0.4, 0.5) is 0 Å². The van der Waals surface area contributed by atoms with Crippen molar-refractivity contribution < 1.29 is 18.3 Å². The normalized spacial score (nSPS) is 11.0. The van der Waals surface area contributed by atoms with Gasteiger partial charge in [-0.2, -0.15) is 0 Å². The standard InChI is InChI=1S/C21H16O6/c1-24-14-3-5-18-16(8-14)20(22)12(10-26-18)7-13-11-27-19-6-4-15(25-2)9-17(19)21(13)23/h3-6,8-11H,7H2,1-2H3. The van der Waals surface area contributed by atoms with Crippen LogP contribution in [0.3, 0.4) is 0 Å². The molecular weight excluding hydrogens is 348 g/mol. The zero-order chi connectivity index (χ0) is 19.0. The highest BCUT2D eigenvalue weighted by Crippen LogP contribution is 2.21. The van der Waals surface area contributed by atoms with Crippen molar-refractivity contribution >= 4 is 21.9 Å². The van der Waals surface area contributed by atoms with Gasteiger partial charge in [0.2, 0.25) is 0 Å². The molecule has 136 valence electrons. The molecule has 0 saturated heterocycles. The van der Waals surface area contributed by atoms with Gasteiger partial charge >= 0.3 is 0 Å². The molecule has 4 aromatic rings. The number of benzene rings is 2. The summed E-state index contributed by atoms with van der Waals surface area (Å²) >= 11 is 0. The Balaban J connectivity index is 1.82. The molecule has 0 aliphatic carbocycles. The molecule has 0 unspecified atom stereocenters. The van der Waals surface area contributed by atoms with Gasteiger partial charge in [-0.25, -0.2) is 0 Å². The third-order valence-electron chi connectivity index (χ3n) is 4.48. The van der Waals surface area contributed by atoms with Crippen molar-refractivity contribution in [3.8, 4) is 11.5 Å². The molecular formula is C21H16O6. The monoisotopic (exact) mass is 364 g/mol. The van der Waals surface area contributed by atoms with E-state index in [1.807, 2.05) is 0 Å². The van der Waals surface area contributed by atoms with E-state index >= 15 is 0 Å². The molecule has 0 bridgehead atoms. The van der Waals surface area contributed by atoms with Crippen LogP contribution in [0.5, 0.6) is 11.5 Å². The van der Waals surface area contributed by atoms with Crippen LogP contribution >= 0.6 is 0 Å². The summed E-state index contributed by atoms with van der Waals surface area (Å²) in [6.07, 6.45) is 2.86. The van der Waals surface area contributed by atoms with E-state index in [-0.39, 0.29) is 17.3 Å². The van der Waals surface area contributed by atoms with Crippen LogP contribution in [0.2, 0.25) is 0 Å². The molecule has 0 spiro atoms. The first-order valence-electron chi connectivity index (χ1n) is 8.27. The smallest absolute Gasteiger partial charge is 0.196 e. The maximum atomic E-state index is 12.8. The van der Waals surface area contributed by atoms with Crippen LogP contribution < -0.4 is 20.3 Å². The minimum absolute atomic E-state index is 0.102. The Morgan fingerprint density at radius 2 is 1.19 bits per heavy atom. The topological polar surface area (TPSA) is 78.9 Å². The molecule has 0 aliphatic heterocycles. The second-order valence-electron chi connectivity index (χ2n) is 6.08. The largest absolute Gasteiger partial charge is 0.497 e. The van der Waals surface area contributed by atoms with Crippen LogP contribution in [0.15, 0.2) is 67.3 Å². The summed E-state index contributed by atoms with van der Waals surface area (Å²) < 4.78 is 21.4. The first-order chi connectivity index (χ1) is 13.1. The maximum absolute atomic E-state index is 12.8. The first-order valence-corrected chi connectivity index (χ1v) is 8.27. The Morgan fingerprint density at radius 3 is 1.59 bits per heavy atom. The lowest BCUT2D eigenvalue weighted by molar-refractivity contribution is 0.415. The molecule has 0 N–H and O–H groups in total. The van der Waals surface area contributed by atoms with Gasteiger partial charge in [0, 0.05) is 17.5 Å². The third kappa shape index (κ3) is 2.95. The van der Waals surface area contributed by atoms with Crippen LogP contribution in [0.1, 0.15) is 11.1 Å². The average Bonchev–Trinajstić information content (AvgIpc) is 2.71. The van der Waals surface area contributed by atoms with E-state index in [1.54, 1.807) is 36.4 Å². The van der Waals surface area contributed by atoms with Gasteiger partial charge in [-0.3, -0.25) is 9.59 Å². The fraction of sp³-hybridized carbons (Fsp3) is 0.143. The van der Waals surface area contributed by atoms with Crippen molar-refractivity contribution in [1.82, 2.24) is 0 Å². The van der Waals surface area contributed by atoms with E-state index in [1.165, 1.54) is 26.7 Å².